The van der Waals surface area contributed by atoms with Gasteiger partial charge in [-0.25, -0.2) is 13.1 Å². The number of rotatable bonds is 6. The van der Waals surface area contributed by atoms with Crippen molar-refractivity contribution in [3.63, 3.8) is 0 Å². The Bertz CT molecular complexity index is 559. The minimum Gasteiger partial charge on any atom is -0.398 e. The standard InChI is InChI=1S/C12H19N3O3S/c1-8-6-10(7-11(13)9(8)2)19(17,18)15-5-3-4-12(14)16/h6-7,15H,3-5,13H2,1-2H3,(H2,14,16). The molecule has 1 aromatic rings. The number of aryl methyl sites for hydroxylation is 1. The van der Waals surface area contributed by atoms with Crippen LogP contribution in [0.5, 0.6) is 0 Å². The fourth-order valence-electron chi connectivity index (χ4n) is 1.56. The Morgan fingerprint density at radius 1 is 1.32 bits per heavy atom. The Morgan fingerprint density at radius 3 is 2.47 bits per heavy atom. The molecule has 6 nitrogen and oxygen atoms in total. The molecule has 0 aromatic heterocycles. The summed E-state index contributed by atoms with van der Waals surface area (Å²) < 4.78 is 26.4. The third kappa shape index (κ3) is 4.22. The fourth-order valence-corrected chi connectivity index (χ4v) is 2.75. The lowest BCUT2D eigenvalue weighted by Gasteiger charge is -2.10. The molecule has 0 aliphatic heterocycles. The van der Waals surface area contributed by atoms with Crippen molar-refractivity contribution in [2.45, 2.75) is 31.6 Å². The van der Waals surface area contributed by atoms with Crippen LogP contribution in [0.1, 0.15) is 24.0 Å². The molecule has 1 rings (SSSR count). The van der Waals surface area contributed by atoms with Crippen LogP contribution in [0.3, 0.4) is 0 Å². The monoisotopic (exact) mass is 285 g/mol. The molecule has 1 aromatic carbocycles. The van der Waals surface area contributed by atoms with Crippen LogP contribution in [-0.4, -0.2) is 20.9 Å². The van der Waals surface area contributed by atoms with E-state index in [-0.39, 0.29) is 17.9 Å². The van der Waals surface area contributed by atoms with Gasteiger partial charge < -0.3 is 11.5 Å². The molecule has 0 saturated carbocycles. The van der Waals surface area contributed by atoms with E-state index in [4.69, 9.17) is 11.5 Å². The van der Waals surface area contributed by atoms with Crippen LogP contribution in [0.4, 0.5) is 5.69 Å². The molecule has 0 heterocycles. The lowest BCUT2D eigenvalue weighted by Crippen LogP contribution is -2.26. The van der Waals surface area contributed by atoms with Gasteiger partial charge in [-0.1, -0.05) is 0 Å². The largest absolute Gasteiger partial charge is 0.398 e. The number of primary amides is 1. The van der Waals surface area contributed by atoms with E-state index < -0.39 is 15.9 Å². The maximum absolute atomic E-state index is 12.0. The second kappa shape index (κ2) is 6.03. The minimum atomic E-state index is -3.60. The summed E-state index contributed by atoms with van der Waals surface area (Å²) >= 11 is 0. The maximum atomic E-state index is 12.0. The molecule has 5 N–H and O–H groups in total. The highest BCUT2D eigenvalue weighted by atomic mass is 32.2. The van der Waals surface area contributed by atoms with Crippen molar-refractivity contribution in [1.29, 1.82) is 0 Å². The number of sulfonamides is 1. The molecule has 0 saturated heterocycles. The molecule has 0 spiro atoms. The first-order valence-electron chi connectivity index (χ1n) is 5.88. The molecule has 1 amide bonds. The zero-order valence-electron chi connectivity index (χ0n) is 11.1. The van der Waals surface area contributed by atoms with E-state index in [0.29, 0.717) is 12.1 Å². The predicted molar refractivity (Wildman–Crippen MR) is 73.9 cm³/mol. The van der Waals surface area contributed by atoms with Gasteiger partial charge in [-0.05, 0) is 43.5 Å². The molecular weight excluding hydrogens is 266 g/mol. The normalized spacial score (nSPS) is 11.5. The zero-order chi connectivity index (χ0) is 14.6. The van der Waals surface area contributed by atoms with E-state index in [9.17, 15) is 13.2 Å². The second-order valence-corrected chi connectivity index (χ2v) is 6.19. The SMILES string of the molecule is Cc1cc(S(=O)(=O)NCCCC(N)=O)cc(N)c1C. The summed E-state index contributed by atoms with van der Waals surface area (Å²) in [6, 6.07) is 3.00. The van der Waals surface area contributed by atoms with Crippen molar-refractivity contribution in [3.05, 3.63) is 23.3 Å². The topological polar surface area (TPSA) is 115 Å². The Kier molecular flexibility index (Phi) is 4.90. The van der Waals surface area contributed by atoms with Gasteiger partial charge in [0.15, 0.2) is 0 Å². The van der Waals surface area contributed by atoms with Crippen LogP contribution >= 0.6 is 0 Å². The average Bonchev–Trinajstić information content (AvgIpc) is 2.31. The predicted octanol–water partition coefficient (Wildman–Crippen LogP) is 0.429. The highest BCUT2D eigenvalue weighted by molar-refractivity contribution is 7.89. The van der Waals surface area contributed by atoms with Crippen LogP contribution in [0.2, 0.25) is 0 Å². The van der Waals surface area contributed by atoms with Gasteiger partial charge in [0.25, 0.3) is 0 Å². The van der Waals surface area contributed by atoms with E-state index in [1.165, 1.54) is 6.07 Å². The summed E-state index contributed by atoms with van der Waals surface area (Å²) in [7, 11) is -3.60. The first-order valence-corrected chi connectivity index (χ1v) is 7.37. The number of anilines is 1. The average molecular weight is 285 g/mol. The van der Waals surface area contributed by atoms with Gasteiger partial charge >= 0.3 is 0 Å². The number of nitrogens with one attached hydrogen (secondary N) is 1. The molecule has 0 aliphatic rings. The molecule has 0 fully saturated rings. The van der Waals surface area contributed by atoms with E-state index in [2.05, 4.69) is 4.72 Å². The Morgan fingerprint density at radius 2 is 1.95 bits per heavy atom. The van der Waals surface area contributed by atoms with Gasteiger partial charge in [-0.15, -0.1) is 0 Å². The molecule has 0 unspecified atom stereocenters. The first-order chi connectivity index (χ1) is 8.74. The Hall–Kier alpha value is -1.60. The van der Waals surface area contributed by atoms with Crippen molar-refractivity contribution in [1.82, 2.24) is 4.72 Å². The van der Waals surface area contributed by atoms with E-state index in [1.54, 1.807) is 13.0 Å². The molecule has 0 radical (unpaired) electrons. The van der Waals surface area contributed by atoms with Crippen molar-refractivity contribution < 1.29 is 13.2 Å². The molecule has 106 valence electrons. The fraction of sp³-hybridized carbons (Fsp3) is 0.417. The number of carbonyl (C=O) groups is 1. The number of carbonyl (C=O) groups excluding carboxylic acids is 1. The number of nitrogen functional groups attached to an aromatic ring is 1. The molecule has 0 aliphatic carbocycles. The van der Waals surface area contributed by atoms with Crippen LogP contribution in [0.25, 0.3) is 0 Å². The van der Waals surface area contributed by atoms with Crippen molar-refractivity contribution >= 4 is 21.6 Å². The molecular formula is C12H19N3O3S. The highest BCUT2D eigenvalue weighted by Gasteiger charge is 2.15. The zero-order valence-corrected chi connectivity index (χ0v) is 11.9. The van der Waals surface area contributed by atoms with E-state index in [1.807, 2.05) is 6.92 Å². The quantitative estimate of drug-likeness (QED) is 0.519. The number of hydrogen-bond acceptors (Lipinski definition) is 4. The third-order valence-corrected chi connectivity index (χ3v) is 4.32. The number of hydrogen-bond donors (Lipinski definition) is 3. The van der Waals surface area contributed by atoms with Gasteiger partial charge in [-0.3, -0.25) is 4.79 Å². The van der Waals surface area contributed by atoms with Crippen molar-refractivity contribution in [2.24, 2.45) is 5.73 Å². The maximum Gasteiger partial charge on any atom is 0.240 e. The minimum absolute atomic E-state index is 0.132. The van der Waals surface area contributed by atoms with Crippen LogP contribution < -0.4 is 16.2 Å². The number of nitrogens with two attached hydrogens (primary N) is 2. The summed E-state index contributed by atoms with van der Waals surface area (Å²) in [6.45, 7) is 3.80. The van der Waals surface area contributed by atoms with E-state index in [0.717, 1.165) is 11.1 Å². The smallest absolute Gasteiger partial charge is 0.240 e. The molecule has 0 bridgehead atoms. The van der Waals surface area contributed by atoms with Gasteiger partial charge in [0.1, 0.15) is 0 Å². The summed E-state index contributed by atoms with van der Waals surface area (Å²) in [5.41, 5.74) is 12.9. The molecule has 19 heavy (non-hydrogen) atoms. The lowest BCUT2D eigenvalue weighted by molar-refractivity contribution is -0.118. The van der Waals surface area contributed by atoms with Gasteiger partial charge in [0.05, 0.1) is 4.90 Å². The highest BCUT2D eigenvalue weighted by Crippen LogP contribution is 2.21. The van der Waals surface area contributed by atoms with Gasteiger partial charge in [0, 0.05) is 18.7 Å². The van der Waals surface area contributed by atoms with Gasteiger partial charge in [-0.2, -0.15) is 0 Å². The first kappa shape index (κ1) is 15.5. The van der Waals surface area contributed by atoms with Crippen LogP contribution in [0, 0.1) is 13.8 Å². The molecule has 0 atom stereocenters. The Balaban J connectivity index is 2.80. The van der Waals surface area contributed by atoms with Gasteiger partial charge in [0.2, 0.25) is 15.9 Å². The Labute approximate surface area is 113 Å². The van der Waals surface area contributed by atoms with Crippen LogP contribution in [0.15, 0.2) is 17.0 Å². The third-order valence-electron chi connectivity index (χ3n) is 2.88. The summed E-state index contributed by atoms with van der Waals surface area (Å²) in [5, 5.41) is 0. The van der Waals surface area contributed by atoms with Crippen molar-refractivity contribution in [3.8, 4) is 0 Å². The summed E-state index contributed by atoms with van der Waals surface area (Å²) in [4.78, 5) is 10.7. The van der Waals surface area contributed by atoms with Crippen molar-refractivity contribution in [2.75, 3.05) is 12.3 Å². The van der Waals surface area contributed by atoms with Crippen LogP contribution in [-0.2, 0) is 14.8 Å². The second-order valence-electron chi connectivity index (χ2n) is 4.42. The molecule has 7 heteroatoms. The summed E-state index contributed by atoms with van der Waals surface area (Å²) in [6.07, 6.45) is 0.520. The lowest BCUT2D eigenvalue weighted by atomic mass is 10.1. The summed E-state index contributed by atoms with van der Waals surface area (Å²) in [5.74, 6) is -0.449. The number of benzene rings is 1. The number of amides is 1. The van der Waals surface area contributed by atoms with E-state index >= 15 is 0 Å².